The van der Waals surface area contributed by atoms with Gasteiger partial charge in [-0.1, -0.05) is 19.9 Å². The minimum atomic E-state index is -0.674. The molecule has 0 unspecified atom stereocenters. The summed E-state index contributed by atoms with van der Waals surface area (Å²) in [6.45, 7) is 14.4. The second-order valence-electron chi connectivity index (χ2n) is 8.39. The number of nitrogens with zero attached hydrogens (tertiary/aromatic N) is 1. The van der Waals surface area contributed by atoms with Crippen LogP contribution in [0.2, 0.25) is 0 Å². The molecule has 0 aromatic heterocycles. The van der Waals surface area contributed by atoms with Gasteiger partial charge in [-0.2, -0.15) is 0 Å². The summed E-state index contributed by atoms with van der Waals surface area (Å²) < 4.78 is 32.5. The zero-order chi connectivity index (χ0) is 18.4. The van der Waals surface area contributed by atoms with Crippen LogP contribution in [-0.2, 0) is 14.0 Å². The maximum Gasteiger partial charge on any atom is 0.497 e. The molecule has 3 rings (SSSR count). The van der Waals surface area contributed by atoms with Gasteiger partial charge < -0.3 is 18.9 Å². The largest absolute Gasteiger partial charge is 0.497 e. The van der Waals surface area contributed by atoms with Crippen LogP contribution in [0.3, 0.4) is 0 Å². The number of benzene rings is 1. The summed E-state index contributed by atoms with van der Waals surface area (Å²) in [6.07, 6.45) is 0.180. The summed E-state index contributed by atoms with van der Waals surface area (Å²) in [5.41, 5.74) is 0.386. The molecule has 0 aliphatic carbocycles. The van der Waals surface area contributed by atoms with E-state index in [4.69, 9.17) is 14.0 Å². The molecule has 0 amide bonds. The van der Waals surface area contributed by atoms with Gasteiger partial charge in [-0.05, 0) is 45.7 Å². The van der Waals surface area contributed by atoms with Crippen LogP contribution in [0.4, 0.5) is 10.1 Å². The number of ether oxygens (including phenoxy) is 1. The number of hydrogen-bond donors (Lipinski definition) is 0. The Kier molecular flexibility index (Phi) is 4.90. The molecule has 0 radical (unpaired) electrons. The lowest BCUT2D eigenvalue weighted by molar-refractivity contribution is 0.00578. The fourth-order valence-corrected chi connectivity index (χ4v) is 3.19. The summed E-state index contributed by atoms with van der Waals surface area (Å²) in [6, 6.07) is 5.32. The molecule has 2 fully saturated rings. The van der Waals surface area contributed by atoms with Gasteiger partial charge in [-0.3, -0.25) is 0 Å². The molecule has 4 nitrogen and oxygen atoms in total. The number of hydrogen-bond acceptors (Lipinski definition) is 4. The van der Waals surface area contributed by atoms with Crippen molar-refractivity contribution in [3.63, 3.8) is 0 Å². The van der Waals surface area contributed by atoms with Crippen molar-refractivity contribution >= 4 is 18.3 Å². The Balaban J connectivity index is 1.78. The predicted octanol–water partition coefficient (Wildman–Crippen LogP) is 2.99. The van der Waals surface area contributed by atoms with Gasteiger partial charge in [0.05, 0.1) is 23.9 Å². The number of morpholine rings is 1. The Hall–Kier alpha value is -1.11. The van der Waals surface area contributed by atoms with Crippen LogP contribution in [0, 0.1) is 11.7 Å². The van der Waals surface area contributed by atoms with E-state index in [-0.39, 0.29) is 11.9 Å². The van der Waals surface area contributed by atoms with Crippen molar-refractivity contribution in [3.8, 4) is 0 Å². The molecule has 6 heteroatoms. The highest BCUT2D eigenvalue weighted by Crippen LogP contribution is 2.36. The quantitative estimate of drug-likeness (QED) is 0.785. The lowest BCUT2D eigenvalue weighted by Gasteiger charge is -2.36. The van der Waals surface area contributed by atoms with Crippen LogP contribution >= 0.6 is 0 Å². The average molecular weight is 349 g/mol. The molecule has 2 aliphatic heterocycles. The zero-order valence-electron chi connectivity index (χ0n) is 16.1. The lowest BCUT2D eigenvalue weighted by Crippen LogP contribution is -2.45. The zero-order valence-corrected chi connectivity index (χ0v) is 16.1. The Morgan fingerprint density at radius 3 is 2.36 bits per heavy atom. The van der Waals surface area contributed by atoms with Gasteiger partial charge in [0.2, 0.25) is 0 Å². The van der Waals surface area contributed by atoms with Gasteiger partial charge in [0.25, 0.3) is 0 Å². The minimum absolute atomic E-state index is 0.180. The maximum absolute atomic E-state index is 14.8. The predicted molar refractivity (Wildman–Crippen MR) is 98.9 cm³/mol. The Morgan fingerprint density at radius 1 is 1.16 bits per heavy atom. The monoisotopic (exact) mass is 349 g/mol. The van der Waals surface area contributed by atoms with Crippen LogP contribution in [0.15, 0.2) is 18.2 Å². The van der Waals surface area contributed by atoms with E-state index in [1.54, 1.807) is 12.1 Å². The molecule has 25 heavy (non-hydrogen) atoms. The summed E-state index contributed by atoms with van der Waals surface area (Å²) in [5, 5.41) is 0. The van der Waals surface area contributed by atoms with Gasteiger partial charge >= 0.3 is 7.12 Å². The third-order valence-electron chi connectivity index (χ3n) is 5.69. The molecule has 1 aromatic carbocycles. The van der Waals surface area contributed by atoms with Crippen LogP contribution < -0.4 is 10.4 Å². The molecular formula is C19H29BFNO3. The fraction of sp³-hybridized carbons (Fsp3) is 0.684. The van der Waals surface area contributed by atoms with Gasteiger partial charge in [0, 0.05) is 24.2 Å². The first kappa shape index (κ1) is 18.7. The summed E-state index contributed by atoms with van der Waals surface area (Å²) >= 11 is 0. The van der Waals surface area contributed by atoms with Crippen LogP contribution in [0.1, 0.15) is 41.5 Å². The summed E-state index contributed by atoms with van der Waals surface area (Å²) in [4.78, 5) is 2.19. The molecular weight excluding hydrogens is 320 g/mol. The Bertz CT molecular complexity index is 619. The van der Waals surface area contributed by atoms with Crippen molar-refractivity contribution in [3.05, 3.63) is 24.0 Å². The molecule has 1 atom stereocenters. The van der Waals surface area contributed by atoms with Crippen molar-refractivity contribution in [2.75, 3.05) is 24.6 Å². The first-order chi connectivity index (χ1) is 11.6. The number of anilines is 1. The maximum atomic E-state index is 14.8. The normalized spacial score (nSPS) is 25.7. The molecule has 0 spiro atoms. The van der Waals surface area contributed by atoms with E-state index in [9.17, 15) is 4.39 Å². The fourth-order valence-electron chi connectivity index (χ4n) is 3.19. The Morgan fingerprint density at radius 2 is 1.80 bits per heavy atom. The van der Waals surface area contributed by atoms with E-state index < -0.39 is 18.3 Å². The van der Waals surface area contributed by atoms with Gasteiger partial charge in [-0.25, -0.2) is 4.39 Å². The van der Waals surface area contributed by atoms with Crippen molar-refractivity contribution in [1.82, 2.24) is 0 Å². The third-order valence-corrected chi connectivity index (χ3v) is 5.69. The summed E-state index contributed by atoms with van der Waals surface area (Å²) in [5.74, 6) is 0.153. The molecule has 2 saturated heterocycles. The highest BCUT2D eigenvalue weighted by molar-refractivity contribution is 6.62. The van der Waals surface area contributed by atoms with Gasteiger partial charge in [0.15, 0.2) is 0 Å². The second-order valence-corrected chi connectivity index (χ2v) is 8.39. The van der Waals surface area contributed by atoms with E-state index in [0.29, 0.717) is 18.0 Å². The molecule has 0 bridgehead atoms. The van der Waals surface area contributed by atoms with Crippen molar-refractivity contribution < 1.29 is 18.4 Å². The van der Waals surface area contributed by atoms with Crippen molar-refractivity contribution in [1.29, 1.82) is 0 Å². The molecule has 0 saturated carbocycles. The molecule has 2 aliphatic rings. The first-order valence-electron chi connectivity index (χ1n) is 9.12. The van der Waals surface area contributed by atoms with Crippen LogP contribution in [-0.4, -0.2) is 44.1 Å². The average Bonchev–Trinajstić information content (AvgIpc) is 2.75. The number of rotatable bonds is 3. The van der Waals surface area contributed by atoms with Crippen molar-refractivity contribution in [2.45, 2.75) is 58.8 Å². The first-order valence-corrected chi connectivity index (χ1v) is 9.12. The van der Waals surface area contributed by atoms with Crippen LogP contribution in [0.25, 0.3) is 0 Å². The van der Waals surface area contributed by atoms with Gasteiger partial charge in [-0.15, -0.1) is 0 Å². The molecule has 1 aromatic rings. The molecule has 0 N–H and O–H groups in total. The van der Waals surface area contributed by atoms with E-state index in [1.807, 2.05) is 33.8 Å². The van der Waals surface area contributed by atoms with Gasteiger partial charge in [0.1, 0.15) is 5.82 Å². The molecule has 2 heterocycles. The van der Waals surface area contributed by atoms with Crippen molar-refractivity contribution in [2.24, 2.45) is 5.92 Å². The molecule has 138 valence electrons. The smallest absolute Gasteiger partial charge is 0.399 e. The standard InChI is InChI=1S/C19H29BFNO3/c1-13(2)17-12-22(9-10-23-17)14-7-8-15(16(21)11-14)20-24-18(3,4)19(5,6)25-20/h7-8,11,13,17H,9-10,12H2,1-6H3/t17-/m0/s1. The van der Waals surface area contributed by atoms with E-state index in [1.165, 1.54) is 0 Å². The SMILES string of the molecule is CC(C)[C@@H]1CN(c2ccc(B3OC(C)(C)C(C)(C)O3)c(F)c2)CCO1. The van der Waals surface area contributed by atoms with E-state index in [2.05, 4.69) is 18.7 Å². The minimum Gasteiger partial charge on any atom is -0.399 e. The lowest BCUT2D eigenvalue weighted by atomic mass is 9.78. The number of halogens is 1. The van der Waals surface area contributed by atoms with Crippen LogP contribution in [0.5, 0.6) is 0 Å². The Labute approximate surface area is 150 Å². The summed E-state index contributed by atoms with van der Waals surface area (Å²) in [7, 11) is -0.674. The third kappa shape index (κ3) is 3.57. The highest BCUT2D eigenvalue weighted by Gasteiger charge is 2.52. The second kappa shape index (κ2) is 6.56. The highest BCUT2D eigenvalue weighted by atomic mass is 19.1. The van der Waals surface area contributed by atoms with E-state index >= 15 is 0 Å². The van der Waals surface area contributed by atoms with E-state index in [0.717, 1.165) is 18.8 Å². The topological polar surface area (TPSA) is 30.9 Å².